The lowest BCUT2D eigenvalue weighted by Crippen LogP contribution is -2.36. The summed E-state index contributed by atoms with van der Waals surface area (Å²) < 4.78 is 16.1. The number of nitrogens with zero attached hydrogens (tertiary/aromatic N) is 1. The molecule has 0 heterocycles. The third-order valence-corrected chi connectivity index (χ3v) is 5.09. The van der Waals surface area contributed by atoms with Gasteiger partial charge in [0, 0.05) is 31.4 Å². The Morgan fingerprint density at radius 2 is 1.75 bits per heavy atom. The Kier molecular flexibility index (Phi) is 4.73. The first-order chi connectivity index (χ1) is 11.7. The molecule has 2 aliphatic carbocycles. The number of nitrogens with one attached hydrogen (secondary N) is 2. The lowest BCUT2D eigenvalue weighted by molar-refractivity contribution is 0.324. The van der Waals surface area contributed by atoms with Gasteiger partial charge < -0.3 is 24.8 Å². The van der Waals surface area contributed by atoms with Crippen LogP contribution in [0.3, 0.4) is 0 Å². The van der Waals surface area contributed by atoms with E-state index in [-0.39, 0.29) is 0 Å². The number of hydrogen-bond acceptors (Lipinski definition) is 4. The molecule has 0 atom stereocenters. The number of methoxy groups -OCH3 is 3. The van der Waals surface area contributed by atoms with Crippen molar-refractivity contribution in [2.75, 3.05) is 40.2 Å². The van der Waals surface area contributed by atoms with Crippen molar-refractivity contribution < 1.29 is 14.2 Å². The van der Waals surface area contributed by atoms with Gasteiger partial charge in [0.2, 0.25) is 5.75 Å². The van der Waals surface area contributed by atoms with Crippen molar-refractivity contribution in [3.63, 3.8) is 0 Å². The fraction of sp³-hybridized carbons (Fsp3) is 0.611. The van der Waals surface area contributed by atoms with E-state index in [0.29, 0.717) is 22.7 Å². The van der Waals surface area contributed by atoms with Crippen LogP contribution in [0.15, 0.2) is 17.1 Å². The predicted octanol–water partition coefficient (Wildman–Crippen LogP) is 2.89. The van der Waals surface area contributed by atoms with E-state index in [9.17, 15) is 0 Å². The molecule has 0 bridgehead atoms. The summed E-state index contributed by atoms with van der Waals surface area (Å²) in [4.78, 5) is 4.33. The van der Waals surface area contributed by atoms with Gasteiger partial charge in [-0.25, -0.2) is 0 Å². The van der Waals surface area contributed by atoms with Crippen molar-refractivity contribution >= 4 is 11.6 Å². The molecule has 1 aromatic rings. The molecule has 0 amide bonds. The van der Waals surface area contributed by atoms with Crippen LogP contribution in [0.5, 0.6) is 17.2 Å². The molecule has 0 saturated heterocycles. The Morgan fingerprint density at radius 3 is 2.17 bits per heavy atom. The van der Waals surface area contributed by atoms with Crippen LogP contribution in [0.4, 0.5) is 5.69 Å². The van der Waals surface area contributed by atoms with Crippen LogP contribution in [-0.2, 0) is 0 Å². The van der Waals surface area contributed by atoms with Crippen LogP contribution < -0.4 is 24.8 Å². The van der Waals surface area contributed by atoms with E-state index in [1.165, 1.54) is 25.7 Å². The monoisotopic (exact) mass is 333 g/mol. The van der Waals surface area contributed by atoms with Crippen LogP contribution in [-0.4, -0.2) is 40.9 Å². The van der Waals surface area contributed by atoms with Crippen LogP contribution in [0.1, 0.15) is 25.7 Å². The molecule has 6 heteroatoms. The van der Waals surface area contributed by atoms with Gasteiger partial charge in [-0.3, -0.25) is 4.99 Å². The minimum Gasteiger partial charge on any atom is -0.493 e. The van der Waals surface area contributed by atoms with Crippen molar-refractivity contribution in [3.8, 4) is 17.2 Å². The largest absolute Gasteiger partial charge is 0.493 e. The van der Waals surface area contributed by atoms with Crippen molar-refractivity contribution in [3.05, 3.63) is 12.1 Å². The Bertz CT molecular complexity index is 597. The zero-order valence-corrected chi connectivity index (χ0v) is 14.9. The van der Waals surface area contributed by atoms with E-state index in [1.54, 1.807) is 28.4 Å². The maximum Gasteiger partial charge on any atom is 0.203 e. The molecule has 1 aromatic carbocycles. The first-order valence-electron chi connectivity index (χ1n) is 8.43. The molecule has 132 valence electrons. The zero-order valence-electron chi connectivity index (χ0n) is 14.9. The Morgan fingerprint density at radius 1 is 1.12 bits per heavy atom. The summed E-state index contributed by atoms with van der Waals surface area (Å²) in [7, 11) is 6.60. The molecule has 2 N–H and O–H groups in total. The number of anilines is 1. The number of rotatable bonds is 7. The lowest BCUT2D eigenvalue weighted by Gasteiger charge is -2.19. The first-order valence-corrected chi connectivity index (χ1v) is 8.43. The van der Waals surface area contributed by atoms with Crippen molar-refractivity contribution in [2.45, 2.75) is 25.7 Å². The van der Waals surface area contributed by atoms with E-state index >= 15 is 0 Å². The lowest BCUT2D eigenvalue weighted by atomic mass is 10.0. The Balaban J connectivity index is 1.69. The quantitative estimate of drug-likeness (QED) is 0.593. The van der Waals surface area contributed by atoms with Gasteiger partial charge in [0.05, 0.1) is 21.3 Å². The maximum absolute atomic E-state index is 5.39. The highest BCUT2D eigenvalue weighted by Gasteiger charge is 2.53. The van der Waals surface area contributed by atoms with E-state index in [1.807, 2.05) is 12.1 Å². The second kappa shape index (κ2) is 6.79. The van der Waals surface area contributed by atoms with E-state index in [2.05, 4.69) is 15.6 Å². The molecular weight excluding hydrogens is 306 g/mol. The molecule has 0 spiro atoms. The summed E-state index contributed by atoms with van der Waals surface area (Å²) in [5.41, 5.74) is 1.36. The predicted molar refractivity (Wildman–Crippen MR) is 95.5 cm³/mol. The summed E-state index contributed by atoms with van der Waals surface area (Å²) in [5, 5.41) is 6.78. The number of aliphatic imine (C=N–C) groups is 1. The van der Waals surface area contributed by atoms with Gasteiger partial charge in [0.25, 0.3) is 0 Å². The van der Waals surface area contributed by atoms with E-state index < -0.39 is 0 Å². The van der Waals surface area contributed by atoms with Crippen LogP contribution in [0, 0.1) is 11.3 Å². The molecule has 0 radical (unpaired) electrons. The highest BCUT2D eigenvalue weighted by atomic mass is 16.5. The van der Waals surface area contributed by atoms with Gasteiger partial charge in [-0.15, -0.1) is 0 Å². The summed E-state index contributed by atoms with van der Waals surface area (Å²) in [6.45, 7) is 0.988. The van der Waals surface area contributed by atoms with Gasteiger partial charge in [0.1, 0.15) is 0 Å². The fourth-order valence-corrected chi connectivity index (χ4v) is 3.31. The number of ether oxygens (including phenoxy) is 3. The van der Waals surface area contributed by atoms with Crippen LogP contribution in [0.2, 0.25) is 0 Å². The summed E-state index contributed by atoms with van der Waals surface area (Å²) >= 11 is 0. The third-order valence-electron chi connectivity index (χ3n) is 5.09. The maximum atomic E-state index is 5.39. The molecule has 2 aliphatic rings. The third kappa shape index (κ3) is 3.37. The summed E-state index contributed by atoms with van der Waals surface area (Å²) in [6.07, 6.45) is 5.46. The molecule has 24 heavy (non-hydrogen) atoms. The number of benzene rings is 1. The Labute approximate surface area is 143 Å². The molecular formula is C18H27N3O3. The van der Waals surface area contributed by atoms with Gasteiger partial charge >= 0.3 is 0 Å². The topological polar surface area (TPSA) is 64.1 Å². The highest BCUT2D eigenvalue weighted by molar-refractivity contribution is 5.94. The Hall–Kier alpha value is -2.11. The standard InChI is InChI=1S/C18H27N3O3/c1-19-17(20-11-18(7-8-18)12-5-6-12)21-13-9-14(22-2)16(24-4)15(10-13)23-3/h9-10,12H,5-8,11H2,1-4H3,(H2,19,20,21). The SMILES string of the molecule is CN=C(NCC1(C2CC2)CC1)Nc1cc(OC)c(OC)c(OC)c1. The van der Waals surface area contributed by atoms with Crippen molar-refractivity contribution in [1.82, 2.24) is 5.32 Å². The van der Waals surface area contributed by atoms with Crippen LogP contribution >= 0.6 is 0 Å². The van der Waals surface area contributed by atoms with Gasteiger partial charge in [-0.05, 0) is 37.0 Å². The van der Waals surface area contributed by atoms with Gasteiger partial charge in [-0.1, -0.05) is 0 Å². The fourth-order valence-electron chi connectivity index (χ4n) is 3.31. The second-order valence-corrected chi connectivity index (χ2v) is 6.60. The molecule has 0 unspecified atom stereocenters. The normalized spacial score (nSPS) is 18.8. The number of guanidine groups is 1. The average Bonchev–Trinajstić information content (AvgIpc) is 3.49. The molecule has 6 nitrogen and oxygen atoms in total. The van der Waals surface area contributed by atoms with Gasteiger partial charge in [0.15, 0.2) is 17.5 Å². The summed E-state index contributed by atoms with van der Waals surface area (Å²) in [6, 6.07) is 3.75. The van der Waals surface area contributed by atoms with E-state index in [0.717, 1.165) is 24.1 Å². The van der Waals surface area contributed by atoms with Gasteiger partial charge in [-0.2, -0.15) is 0 Å². The van der Waals surface area contributed by atoms with E-state index in [4.69, 9.17) is 14.2 Å². The first kappa shape index (κ1) is 16.7. The second-order valence-electron chi connectivity index (χ2n) is 6.60. The molecule has 3 rings (SSSR count). The van der Waals surface area contributed by atoms with Crippen molar-refractivity contribution in [2.24, 2.45) is 16.3 Å². The minimum atomic E-state index is 0.521. The summed E-state index contributed by atoms with van der Waals surface area (Å²) in [5.74, 6) is 3.50. The van der Waals surface area contributed by atoms with Crippen LogP contribution in [0.25, 0.3) is 0 Å². The minimum absolute atomic E-state index is 0.521. The molecule has 2 fully saturated rings. The molecule has 0 aromatic heterocycles. The smallest absolute Gasteiger partial charge is 0.203 e. The highest BCUT2D eigenvalue weighted by Crippen LogP contribution is 2.60. The number of hydrogen-bond donors (Lipinski definition) is 2. The molecule has 0 aliphatic heterocycles. The van der Waals surface area contributed by atoms with Crippen molar-refractivity contribution in [1.29, 1.82) is 0 Å². The zero-order chi connectivity index (χ0) is 17.2. The molecule has 2 saturated carbocycles. The average molecular weight is 333 g/mol.